The van der Waals surface area contributed by atoms with Crippen LogP contribution in [0.25, 0.3) is 10.9 Å². The summed E-state index contributed by atoms with van der Waals surface area (Å²) in [5.74, 6) is 0.723. The molecule has 0 radical (unpaired) electrons. The third-order valence-corrected chi connectivity index (χ3v) is 4.09. The minimum Gasteiger partial charge on any atom is -0.497 e. The lowest BCUT2D eigenvalue weighted by Gasteiger charge is -2.24. The molecule has 3 rings (SSSR count). The number of hydrogen-bond acceptors (Lipinski definition) is 4. The van der Waals surface area contributed by atoms with Gasteiger partial charge in [-0.25, -0.2) is 0 Å². The fraction of sp³-hybridized carbons (Fsp3) is 0.412. The van der Waals surface area contributed by atoms with E-state index in [1.807, 2.05) is 31.2 Å². The van der Waals surface area contributed by atoms with Gasteiger partial charge in [0, 0.05) is 24.0 Å². The Kier molecular flexibility index (Phi) is 5.80. The predicted octanol–water partition coefficient (Wildman–Crippen LogP) is 2.46. The molecule has 0 saturated carbocycles. The number of aromatic nitrogens is 1. The number of pyridine rings is 1. The second kappa shape index (κ2) is 7.62. The molecule has 1 aliphatic rings. The third-order valence-electron chi connectivity index (χ3n) is 4.09. The van der Waals surface area contributed by atoms with Gasteiger partial charge in [0.1, 0.15) is 5.75 Å². The number of nitrogens with zero attached hydrogens (tertiary/aromatic N) is 1. The third kappa shape index (κ3) is 3.92. The van der Waals surface area contributed by atoms with Gasteiger partial charge in [-0.15, -0.1) is 12.4 Å². The first-order chi connectivity index (χ1) is 10.7. The Morgan fingerprint density at radius 1 is 1.39 bits per heavy atom. The van der Waals surface area contributed by atoms with Crippen LogP contribution in [0.3, 0.4) is 0 Å². The normalized spacial score (nSPS) is 17.4. The van der Waals surface area contributed by atoms with Crippen molar-refractivity contribution in [3.05, 3.63) is 35.5 Å². The van der Waals surface area contributed by atoms with Crippen molar-refractivity contribution in [1.29, 1.82) is 0 Å². The highest BCUT2D eigenvalue weighted by atomic mass is 35.5. The molecule has 1 atom stereocenters. The van der Waals surface area contributed by atoms with E-state index in [0.717, 1.165) is 48.3 Å². The van der Waals surface area contributed by atoms with Crippen molar-refractivity contribution in [3.63, 3.8) is 0 Å². The van der Waals surface area contributed by atoms with E-state index in [1.165, 1.54) is 0 Å². The number of rotatable bonds is 3. The van der Waals surface area contributed by atoms with Crippen molar-refractivity contribution in [2.75, 3.05) is 20.2 Å². The second-order valence-corrected chi connectivity index (χ2v) is 5.70. The molecule has 2 heterocycles. The minimum absolute atomic E-state index is 0. The number of halogens is 1. The molecule has 5 nitrogen and oxygen atoms in total. The maximum Gasteiger partial charge on any atom is 0.253 e. The Morgan fingerprint density at radius 3 is 2.91 bits per heavy atom. The van der Waals surface area contributed by atoms with Crippen LogP contribution in [0.2, 0.25) is 0 Å². The molecular weight excluding hydrogens is 314 g/mol. The molecule has 2 N–H and O–H groups in total. The number of nitrogens with one attached hydrogen (secondary N) is 2. The fourth-order valence-corrected chi connectivity index (χ4v) is 2.84. The van der Waals surface area contributed by atoms with Gasteiger partial charge in [0.05, 0.1) is 23.9 Å². The molecule has 1 aromatic heterocycles. The van der Waals surface area contributed by atoms with E-state index in [2.05, 4.69) is 15.6 Å². The van der Waals surface area contributed by atoms with E-state index in [9.17, 15) is 4.79 Å². The first-order valence-electron chi connectivity index (χ1n) is 7.64. The highest BCUT2D eigenvalue weighted by Gasteiger charge is 2.18. The number of amides is 1. The number of ether oxygens (including phenoxy) is 1. The van der Waals surface area contributed by atoms with Gasteiger partial charge >= 0.3 is 0 Å². The van der Waals surface area contributed by atoms with Gasteiger partial charge in [-0.3, -0.25) is 9.78 Å². The predicted molar refractivity (Wildman–Crippen MR) is 93.6 cm³/mol. The topological polar surface area (TPSA) is 63.2 Å². The van der Waals surface area contributed by atoms with Crippen molar-refractivity contribution in [2.45, 2.75) is 25.8 Å². The van der Waals surface area contributed by atoms with Crippen LogP contribution in [0.15, 0.2) is 24.3 Å². The average Bonchev–Trinajstić information content (AvgIpc) is 2.54. The molecular formula is C17H22ClN3O2. The number of benzene rings is 1. The first kappa shape index (κ1) is 17.5. The highest BCUT2D eigenvalue weighted by Crippen LogP contribution is 2.21. The van der Waals surface area contributed by atoms with Crippen LogP contribution in [-0.2, 0) is 0 Å². The van der Waals surface area contributed by atoms with Gasteiger partial charge in [-0.1, -0.05) is 0 Å². The molecule has 1 unspecified atom stereocenters. The Labute approximate surface area is 142 Å². The lowest BCUT2D eigenvalue weighted by atomic mass is 10.1. The lowest BCUT2D eigenvalue weighted by Crippen LogP contribution is -2.45. The smallest absolute Gasteiger partial charge is 0.253 e. The number of carbonyl (C=O) groups excluding carboxylic acids is 1. The highest BCUT2D eigenvalue weighted by molar-refractivity contribution is 5.99. The van der Waals surface area contributed by atoms with Gasteiger partial charge < -0.3 is 15.4 Å². The van der Waals surface area contributed by atoms with E-state index < -0.39 is 0 Å². The molecule has 6 heteroatoms. The monoisotopic (exact) mass is 335 g/mol. The van der Waals surface area contributed by atoms with Crippen molar-refractivity contribution < 1.29 is 9.53 Å². The Hall–Kier alpha value is -1.85. The quantitative estimate of drug-likeness (QED) is 0.904. The van der Waals surface area contributed by atoms with Gasteiger partial charge in [0.25, 0.3) is 5.91 Å². The summed E-state index contributed by atoms with van der Waals surface area (Å²) in [7, 11) is 1.63. The van der Waals surface area contributed by atoms with E-state index in [0.29, 0.717) is 5.56 Å². The summed E-state index contributed by atoms with van der Waals surface area (Å²) in [6, 6.07) is 7.80. The zero-order chi connectivity index (χ0) is 15.5. The molecule has 1 fully saturated rings. The summed E-state index contributed by atoms with van der Waals surface area (Å²) in [5, 5.41) is 7.34. The summed E-state index contributed by atoms with van der Waals surface area (Å²) in [6.45, 7) is 3.74. The zero-order valence-electron chi connectivity index (χ0n) is 13.4. The molecule has 1 saturated heterocycles. The molecule has 0 aliphatic carbocycles. The SMILES string of the molecule is COc1ccc2cc(C(=O)NC3CCCNC3)c(C)nc2c1.Cl. The average molecular weight is 336 g/mol. The maximum atomic E-state index is 12.5. The molecule has 0 spiro atoms. The second-order valence-electron chi connectivity index (χ2n) is 5.70. The molecule has 2 aromatic rings. The Morgan fingerprint density at radius 2 is 2.22 bits per heavy atom. The van der Waals surface area contributed by atoms with Gasteiger partial charge in [-0.05, 0) is 44.5 Å². The van der Waals surface area contributed by atoms with Crippen molar-refractivity contribution >= 4 is 29.2 Å². The number of carbonyl (C=O) groups is 1. The van der Waals surface area contributed by atoms with E-state index >= 15 is 0 Å². The van der Waals surface area contributed by atoms with Gasteiger partial charge in [0.15, 0.2) is 0 Å². The van der Waals surface area contributed by atoms with Crippen LogP contribution < -0.4 is 15.4 Å². The molecule has 1 amide bonds. The zero-order valence-corrected chi connectivity index (χ0v) is 14.2. The number of hydrogen-bond donors (Lipinski definition) is 2. The summed E-state index contributed by atoms with van der Waals surface area (Å²) in [5.41, 5.74) is 2.22. The lowest BCUT2D eigenvalue weighted by molar-refractivity contribution is 0.0930. The Bertz CT molecular complexity index is 700. The van der Waals surface area contributed by atoms with E-state index in [4.69, 9.17) is 4.74 Å². The molecule has 23 heavy (non-hydrogen) atoms. The van der Waals surface area contributed by atoms with Gasteiger partial charge in [-0.2, -0.15) is 0 Å². The molecule has 1 aromatic carbocycles. The van der Waals surface area contributed by atoms with Crippen LogP contribution in [0.4, 0.5) is 0 Å². The fourth-order valence-electron chi connectivity index (χ4n) is 2.84. The van der Waals surface area contributed by atoms with Crippen LogP contribution >= 0.6 is 12.4 Å². The number of piperidine rings is 1. The van der Waals surface area contributed by atoms with Crippen LogP contribution in [-0.4, -0.2) is 37.1 Å². The summed E-state index contributed by atoms with van der Waals surface area (Å²) in [4.78, 5) is 17.0. The standard InChI is InChI=1S/C17H21N3O2.ClH/c1-11-15(17(21)20-13-4-3-7-18-10-13)8-12-5-6-14(22-2)9-16(12)19-11;/h5-6,8-9,13,18H,3-4,7,10H2,1-2H3,(H,20,21);1H. The number of aryl methyl sites for hydroxylation is 1. The van der Waals surface area contributed by atoms with Crippen LogP contribution in [0.1, 0.15) is 28.9 Å². The van der Waals surface area contributed by atoms with E-state index in [-0.39, 0.29) is 24.4 Å². The van der Waals surface area contributed by atoms with Crippen molar-refractivity contribution in [2.24, 2.45) is 0 Å². The molecule has 1 aliphatic heterocycles. The minimum atomic E-state index is -0.0450. The summed E-state index contributed by atoms with van der Waals surface area (Å²) in [6.07, 6.45) is 2.12. The van der Waals surface area contributed by atoms with Crippen molar-refractivity contribution in [3.8, 4) is 5.75 Å². The summed E-state index contributed by atoms with van der Waals surface area (Å²) >= 11 is 0. The summed E-state index contributed by atoms with van der Waals surface area (Å²) < 4.78 is 5.21. The van der Waals surface area contributed by atoms with Crippen molar-refractivity contribution in [1.82, 2.24) is 15.6 Å². The number of methoxy groups -OCH3 is 1. The van der Waals surface area contributed by atoms with Gasteiger partial charge in [0.2, 0.25) is 0 Å². The maximum absolute atomic E-state index is 12.5. The first-order valence-corrected chi connectivity index (χ1v) is 7.64. The van der Waals surface area contributed by atoms with Crippen LogP contribution in [0.5, 0.6) is 5.75 Å². The largest absolute Gasteiger partial charge is 0.497 e. The number of fused-ring (bicyclic) bond motifs is 1. The Balaban J connectivity index is 0.00000192. The van der Waals surface area contributed by atoms with Crippen LogP contribution in [0, 0.1) is 6.92 Å². The molecule has 0 bridgehead atoms. The van der Waals surface area contributed by atoms with E-state index in [1.54, 1.807) is 7.11 Å². The molecule has 124 valence electrons.